The topological polar surface area (TPSA) is 70.2 Å². The number of rotatable bonds is 7. The fraction of sp³-hybridized carbons (Fsp3) is 0.353. The van der Waals surface area contributed by atoms with Crippen molar-refractivity contribution in [2.75, 3.05) is 32.5 Å². The lowest BCUT2D eigenvalue weighted by Crippen LogP contribution is -2.25. The Labute approximate surface area is 147 Å². The molecule has 0 unspecified atom stereocenters. The third kappa shape index (κ3) is 5.47. The molecule has 24 heavy (non-hydrogen) atoms. The van der Waals surface area contributed by atoms with E-state index >= 15 is 0 Å². The van der Waals surface area contributed by atoms with Gasteiger partial charge in [-0.1, -0.05) is 29.8 Å². The number of aromatic nitrogens is 2. The standard InChI is InChI=1S/C17H22ClN5O/c1-12-21-15(10-16(22-12)19-8-9-23(2)3)17(24)20-11-13-6-4-5-7-14(13)18/h4-7,10H,8-9,11H2,1-3H3,(H,20,24)(H,19,21,22). The van der Waals surface area contributed by atoms with Gasteiger partial charge in [-0.15, -0.1) is 0 Å². The number of likely N-dealkylation sites (N-methyl/N-ethyl adjacent to an activating group) is 1. The SMILES string of the molecule is Cc1nc(NCCN(C)C)cc(C(=O)NCc2ccccc2Cl)n1. The number of amides is 1. The molecule has 0 bridgehead atoms. The van der Waals surface area contributed by atoms with Gasteiger partial charge in [0.25, 0.3) is 5.91 Å². The molecule has 1 aromatic carbocycles. The van der Waals surface area contributed by atoms with Gasteiger partial charge in [-0.25, -0.2) is 9.97 Å². The maximum absolute atomic E-state index is 12.3. The number of nitrogens with zero attached hydrogens (tertiary/aromatic N) is 3. The van der Waals surface area contributed by atoms with Crippen molar-refractivity contribution in [1.82, 2.24) is 20.2 Å². The number of hydrogen-bond acceptors (Lipinski definition) is 5. The predicted molar refractivity (Wildman–Crippen MR) is 96.4 cm³/mol. The smallest absolute Gasteiger partial charge is 0.270 e. The lowest BCUT2D eigenvalue weighted by atomic mass is 10.2. The van der Waals surface area contributed by atoms with E-state index in [0.717, 1.165) is 18.7 Å². The highest BCUT2D eigenvalue weighted by Crippen LogP contribution is 2.14. The Morgan fingerprint density at radius 2 is 2.00 bits per heavy atom. The van der Waals surface area contributed by atoms with Gasteiger partial charge in [0.1, 0.15) is 17.3 Å². The van der Waals surface area contributed by atoms with Gasteiger partial charge in [0.15, 0.2) is 0 Å². The normalized spacial score (nSPS) is 10.7. The molecule has 0 saturated heterocycles. The fourth-order valence-electron chi connectivity index (χ4n) is 2.09. The van der Waals surface area contributed by atoms with Crippen LogP contribution in [0.1, 0.15) is 21.9 Å². The Balaban J connectivity index is 2.00. The molecule has 2 rings (SSSR count). The molecule has 1 aromatic heterocycles. The van der Waals surface area contributed by atoms with Crippen molar-refractivity contribution in [3.05, 3.63) is 52.4 Å². The van der Waals surface area contributed by atoms with E-state index in [2.05, 4.69) is 25.5 Å². The minimum absolute atomic E-state index is 0.254. The number of halogens is 1. The molecular weight excluding hydrogens is 326 g/mol. The Hall–Kier alpha value is -2.18. The van der Waals surface area contributed by atoms with E-state index < -0.39 is 0 Å². The molecule has 0 spiro atoms. The average Bonchev–Trinajstić information content (AvgIpc) is 2.53. The Morgan fingerprint density at radius 1 is 1.25 bits per heavy atom. The molecule has 0 atom stereocenters. The third-order valence-electron chi connectivity index (χ3n) is 3.33. The molecule has 0 saturated carbocycles. The maximum atomic E-state index is 12.3. The Kier molecular flexibility index (Phi) is 6.52. The van der Waals surface area contributed by atoms with Crippen LogP contribution in [-0.2, 0) is 6.54 Å². The zero-order valence-electron chi connectivity index (χ0n) is 14.1. The summed E-state index contributed by atoms with van der Waals surface area (Å²) in [6.07, 6.45) is 0. The summed E-state index contributed by atoms with van der Waals surface area (Å²) in [6, 6.07) is 9.07. The van der Waals surface area contributed by atoms with Crippen LogP contribution in [0.4, 0.5) is 5.82 Å². The highest BCUT2D eigenvalue weighted by atomic mass is 35.5. The molecule has 128 valence electrons. The van der Waals surface area contributed by atoms with Gasteiger partial charge in [0.2, 0.25) is 0 Å². The van der Waals surface area contributed by atoms with E-state index in [-0.39, 0.29) is 5.91 Å². The van der Waals surface area contributed by atoms with Gasteiger partial charge in [-0.2, -0.15) is 0 Å². The number of hydrogen-bond donors (Lipinski definition) is 2. The van der Waals surface area contributed by atoms with Crippen LogP contribution in [0, 0.1) is 6.92 Å². The van der Waals surface area contributed by atoms with Crippen molar-refractivity contribution in [2.24, 2.45) is 0 Å². The summed E-state index contributed by atoms with van der Waals surface area (Å²) in [4.78, 5) is 22.9. The quantitative estimate of drug-likeness (QED) is 0.804. The molecule has 0 aliphatic carbocycles. The minimum Gasteiger partial charge on any atom is -0.369 e. The van der Waals surface area contributed by atoms with Crippen LogP contribution in [0.2, 0.25) is 5.02 Å². The second-order valence-corrected chi connectivity index (χ2v) is 6.10. The monoisotopic (exact) mass is 347 g/mol. The van der Waals surface area contributed by atoms with Gasteiger partial charge < -0.3 is 15.5 Å². The number of benzene rings is 1. The first-order chi connectivity index (χ1) is 11.5. The predicted octanol–water partition coefficient (Wildman–Crippen LogP) is 2.34. The fourth-order valence-corrected chi connectivity index (χ4v) is 2.29. The molecule has 2 N–H and O–H groups in total. The molecule has 6 nitrogen and oxygen atoms in total. The second kappa shape index (κ2) is 8.61. The number of carbonyl (C=O) groups excluding carboxylic acids is 1. The van der Waals surface area contributed by atoms with Gasteiger partial charge in [0, 0.05) is 30.7 Å². The van der Waals surface area contributed by atoms with Crippen LogP contribution in [0.25, 0.3) is 0 Å². The summed E-state index contributed by atoms with van der Waals surface area (Å²) in [5.74, 6) is 0.941. The van der Waals surface area contributed by atoms with Crippen molar-refractivity contribution in [3.8, 4) is 0 Å². The number of aryl methyl sites for hydroxylation is 1. The van der Waals surface area contributed by atoms with Crippen LogP contribution in [0.3, 0.4) is 0 Å². The second-order valence-electron chi connectivity index (χ2n) is 5.69. The Bertz CT molecular complexity index is 705. The van der Waals surface area contributed by atoms with E-state index in [0.29, 0.717) is 28.9 Å². The molecule has 1 heterocycles. The van der Waals surface area contributed by atoms with Gasteiger partial charge in [-0.3, -0.25) is 4.79 Å². The molecule has 7 heteroatoms. The first-order valence-corrected chi connectivity index (χ1v) is 8.09. The summed E-state index contributed by atoms with van der Waals surface area (Å²) >= 11 is 6.10. The van der Waals surface area contributed by atoms with Crippen LogP contribution >= 0.6 is 11.6 Å². The lowest BCUT2D eigenvalue weighted by molar-refractivity contribution is 0.0945. The molecule has 0 radical (unpaired) electrons. The maximum Gasteiger partial charge on any atom is 0.270 e. The van der Waals surface area contributed by atoms with E-state index in [1.54, 1.807) is 19.1 Å². The van der Waals surface area contributed by atoms with E-state index in [4.69, 9.17) is 11.6 Å². The number of anilines is 1. The number of nitrogens with one attached hydrogen (secondary N) is 2. The van der Waals surface area contributed by atoms with Gasteiger partial charge in [-0.05, 0) is 32.6 Å². The highest BCUT2D eigenvalue weighted by molar-refractivity contribution is 6.31. The van der Waals surface area contributed by atoms with Gasteiger partial charge >= 0.3 is 0 Å². The molecule has 0 aliphatic heterocycles. The summed E-state index contributed by atoms with van der Waals surface area (Å²) in [7, 11) is 4.00. The first-order valence-electron chi connectivity index (χ1n) is 7.71. The summed E-state index contributed by atoms with van der Waals surface area (Å²) < 4.78 is 0. The molecule has 0 fully saturated rings. The zero-order valence-corrected chi connectivity index (χ0v) is 14.9. The van der Waals surface area contributed by atoms with Crippen molar-refractivity contribution >= 4 is 23.3 Å². The van der Waals surface area contributed by atoms with Gasteiger partial charge in [0.05, 0.1) is 0 Å². The van der Waals surface area contributed by atoms with Crippen molar-refractivity contribution in [3.63, 3.8) is 0 Å². The van der Waals surface area contributed by atoms with Crippen molar-refractivity contribution < 1.29 is 4.79 Å². The largest absolute Gasteiger partial charge is 0.369 e. The van der Waals surface area contributed by atoms with Crippen LogP contribution in [0.15, 0.2) is 30.3 Å². The minimum atomic E-state index is -0.254. The van der Waals surface area contributed by atoms with Crippen molar-refractivity contribution in [1.29, 1.82) is 0 Å². The molecular formula is C17H22ClN5O. The van der Waals surface area contributed by atoms with Crippen LogP contribution in [0.5, 0.6) is 0 Å². The average molecular weight is 348 g/mol. The van der Waals surface area contributed by atoms with Crippen molar-refractivity contribution in [2.45, 2.75) is 13.5 Å². The van der Waals surface area contributed by atoms with E-state index in [9.17, 15) is 4.79 Å². The summed E-state index contributed by atoms with van der Waals surface area (Å²) in [5.41, 5.74) is 1.20. The van der Waals surface area contributed by atoms with E-state index in [1.165, 1.54) is 0 Å². The number of carbonyl (C=O) groups is 1. The summed E-state index contributed by atoms with van der Waals surface area (Å²) in [6.45, 7) is 3.73. The zero-order chi connectivity index (χ0) is 17.5. The highest BCUT2D eigenvalue weighted by Gasteiger charge is 2.11. The Morgan fingerprint density at radius 3 is 2.71 bits per heavy atom. The molecule has 1 amide bonds. The summed E-state index contributed by atoms with van der Waals surface area (Å²) in [5, 5.41) is 6.66. The lowest BCUT2D eigenvalue weighted by Gasteiger charge is -2.12. The third-order valence-corrected chi connectivity index (χ3v) is 3.70. The molecule has 0 aliphatic rings. The first kappa shape index (κ1) is 18.2. The van der Waals surface area contributed by atoms with E-state index in [1.807, 2.05) is 32.3 Å². The van der Waals surface area contributed by atoms with Crippen LogP contribution in [-0.4, -0.2) is 48.0 Å². The molecule has 2 aromatic rings. The van der Waals surface area contributed by atoms with Crippen LogP contribution < -0.4 is 10.6 Å².